The van der Waals surface area contributed by atoms with E-state index < -0.39 is 6.10 Å². The number of ether oxygens (including phenoxy) is 1. The number of benzene rings is 2. The van der Waals surface area contributed by atoms with E-state index in [4.69, 9.17) is 4.74 Å². The van der Waals surface area contributed by atoms with Crippen molar-refractivity contribution >= 4 is 11.7 Å². The average molecular weight is 328 g/mol. The Morgan fingerprint density at radius 1 is 1.21 bits per heavy atom. The molecule has 0 aliphatic heterocycles. The Bertz CT molecular complexity index is 688. The highest BCUT2D eigenvalue weighted by atomic mass is 16.5. The lowest BCUT2D eigenvalue weighted by atomic mass is 10.0. The summed E-state index contributed by atoms with van der Waals surface area (Å²) in [6.07, 6.45) is -0.783. The molecule has 0 fully saturated rings. The lowest BCUT2D eigenvalue weighted by Gasteiger charge is -2.15. The third-order valence-electron chi connectivity index (χ3n) is 3.97. The van der Waals surface area contributed by atoms with Gasteiger partial charge in [-0.3, -0.25) is 0 Å². The Kier molecular flexibility index (Phi) is 6.35. The number of amides is 2. The standard InChI is InChI=1S/C19H24N2O3/c1-13-7-4-5-10-17(13)18(22)12-20-19(23)21-16-9-6-8-15(11-16)14(2)24-3/h4-11,14,18,22H,12H2,1-3H3,(H2,20,21,23). The first-order valence-corrected chi connectivity index (χ1v) is 7.92. The molecule has 2 aromatic carbocycles. The van der Waals surface area contributed by atoms with Crippen molar-refractivity contribution in [2.24, 2.45) is 0 Å². The summed E-state index contributed by atoms with van der Waals surface area (Å²) >= 11 is 0. The summed E-state index contributed by atoms with van der Waals surface area (Å²) < 4.78 is 5.27. The maximum atomic E-state index is 12.0. The zero-order valence-corrected chi connectivity index (χ0v) is 14.2. The van der Waals surface area contributed by atoms with E-state index in [1.54, 1.807) is 7.11 Å². The lowest BCUT2D eigenvalue weighted by molar-refractivity contribution is 0.119. The zero-order valence-electron chi connectivity index (χ0n) is 14.2. The van der Waals surface area contributed by atoms with E-state index in [0.29, 0.717) is 5.69 Å². The van der Waals surface area contributed by atoms with Crippen molar-refractivity contribution in [1.29, 1.82) is 0 Å². The van der Waals surface area contributed by atoms with Crippen LogP contribution in [0.2, 0.25) is 0 Å². The second kappa shape index (κ2) is 8.47. The van der Waals surface area contributed by atoms with Crippen LogP contribution in [0.25, 0.3) is 0 Å². The first kappa shape index (κ1) is 18.0. The molecule has 0 spiro atoms. The Morgan fingerprint density at radius 3 is 2.67 bits per heavy atom. The van der Waals surface area contributed by atoms with Crippen LogP contribution in [-0.4, -0.2) is 24.8 Å². The predicted octanol–water partition coefficient (Wildman–Crippen LogP) is 3.56. The average Bonchev–Trinajstić information content (AvgIpc) is 2.59. The van der Waals surface area contributed by atoms with Crippen molar-refractivity contribution in [1.82, 2.24) is 5.32 Å². The van der Waals surface area contributed by atoms with E-state index in [9.17, 15) is 9.90 Å². The molecule has 0 saturated carbocycles. The van der Waals surface area contributed by atoms with Crippen LogP contribution < -0.4 is 10.6 Å². The second-order valence-electron chi connectivity index (χ2n) is 5.71. The number of aliphatic hydroxyl groups is 1. The number of carbonyl (C=O) groups is 1. The highest BCUT2D eigenvalue weighted by Crippen LogP contribution is 2.20. The number of rotatable bonds is 6. The van der Waals surface area contributed by atoms with Crippen LogP contribution in [0, 0.1) is 6.92 Å². The zero-order chi connectivity index (χ0) is 17.5. The molecule has 2 amide bonds. The molecule has 0 aromatic heterocycles. The summed E-state index contributed by atoms with van der Waals surface area (Å²) in [7, 11) is 1.64. The highest BCUT2D eigenvalue weighted by molar-refractivity contribution is 5.89. The second-order valence-corrected chi connectivity index (χ2v) is 5.71. The number of aliphatic hydroxyl groups excluding tert-OH is 1. The van der Waals surface area contributed by atoms with Crippen LogP contribution in [0.1, 0.15) is 35.8 Å². The van der Waals surface area contributed by atoms with E-state index >= 15 is 0 Å². The van der Waals surface area contributed by atoms with E-state index in [1.807, 2.05) is 62.4 Å². The summed E-state index contributed by atoms with van der Waals surface area (Å²) in [5.74, 6) is 0. The molecule has 2 aromatic rings. The predicted molar refractivity (Wildman–Crippen MR) is 95.0 cm³/mol. The van der Waals surface area contributed by atoms with Gasteiger partial charge < -0.3 is 20.5 Å². The monoisotopic (exact) mass is 328 g/mol. The fraction of sp³-hybridized carbons (Fsp3) is 0.316. The maximum absolute atomic E-state index is 12.0. The van der Waals surface area contributed by atoms with Gasteiger partial charge in [-0.2, -0.15) is 0 Å². The molecule has 24 heavy (non-hydrogen) atoms. The van der Waals surface area contributed by atoms with Crippen molar-refractivity contribution in [2.75, 3.05) is 19.0 Å². The van der Waals surface area contributed by atoms with Gasteiger partial charge in [0.1, 0.15) is 0 Å². The Hall–Kier alpha value is -2.37. The highest BCUT2D eigenvalue weighted by Gasteiger charge is 2.12. The number of anilines is 1. The van der Waals surface area contributed by atoms with Crippen LogP contribution in [0.15, 0.2) is 48.5 Å². The molecule has 5 nitrogen and oxygen atoms in total. The minimum absolute atomic E-state index is 0.0438. The summed E-state index contributed by atoms with van der Waals surface area (Å²) in [4.78, 5) is 12.0. The first-order chi connectivity index (χ1) is 11.5. The summed E-state index contributed by atoms with van der Waals surface area (Å²) in [5.41, 5.74) is 3.47. The van der Waals surface area contributed by atoms with Gasteiger partial charge in [0.2, 0.25) is 0 Å². The normalized spacial score (nSPS) is 13.2. The lowest BCUT2D eigenvalue weighted by Crippen LogP contribution is -2.32. The Balaban J connectivity index is 1.91. The van der Waals surface area contributed by atoms with Crippen molar-refractivity contribution in [3.8, 4) is 0 Å². The topological polar surface area (TPSA) is 70.6 Å². The van der Waals surface area contributed by atoms with Crippen LogP contribution in [0.5, 0.6) is 0 Å². The van der Waals surface area contributed by atoms with Crippen LogP contribution in [0.3, 0.4) is 0 Å². The summed E-state index contributed by atoms with van der Waals surface area (Å²) in [5, 5.41) is 15.7. The molecule has 0 aliphatic rings. The Labute approximate surface area is 142 Å². The van der Waals surface area contributed by atoms with Crippen molar-refractivity contribution < 1.29 is 14.6 Å². The van der Waals surface area contributed by atoms with Gasteiger partial charge in [-0.25, -0.2) is 4.79 Å². The molecule has 0 bridgehead atoms. The van der Waals surface area contributed by atoms with Crippen molar-refractivity contribution in [3.63, 3.8) is 0 Å². The van der Waals surface area contributed by atoms with E-state index in [2.05, 4.69) is 10.6 Å². The molecule has 5 heteroatoms. The minimum atomic E-state index is -0.739. The van der Waals surface area contributed by atoms with E-state index in [1.165, 1.54) is 0 Å². The quantitative estimate of drug-likeness (QED) is 0.759. The first-order valence-electron chi connectivity index (χ1n) is 7.92. The molecular weight excluding hydrogens is 304 g/mol. The molecule has 128 valence electrons. The smallest absolute Gasteiger partial charge is 0.319 e. The molecule has 0 aliphatic carbocycles. The minimum Gasteiger partial charge on any atom is -0.387 e. The van der Waals surface area contributed by atoms with Gasteiger partial charge in [0.25, 0.3) is 0 Å². The largest absolute Gasteiger partial charge is 0.387 e. The number of methoxy groups -OCH3 is 1. The molecule has 0 radical (unpaired) electrons. The molecular formula is C19H24N2O3. The third-order valence-corrected chi connectivity index (χ3v) is 3.97. The molecule has 2 atom stereocenters. The summed E-state index contributed by atoms with van der Waals surface area (Å²) in [6.45, 7) is 4.02. The number of hydrogen-bond acceptors (Lipinski definition) is 3. The van der Waals surface area contributed by atoms with Gasteiger partial charge >= 0.3 is 6.03 Å². The van der Waals surface area contributed by atoms with Crippen molar-refractivity contribution in [2.45, 2.75) is 26.1 Å². The fourth-order valence-corrected chi connectivity index (χ4v) is 2.44. The van der Waals surface area contributed by atoms with Crippen LogP contribution in [0.4, 0.5) is 10.5 Å². The van der Waals surface area contributed by atoms with Gasteiger partial charge in [0.15, 0.2) is 0 Å². The molecule has 2 unspecified atom stereocenters. The fourth-order valence-electron chi connectivity index (χ4n) is 2.44. The molecule has 2 rings (SSSR count). The number of urea groups is 1. The van der Waals surface area contributed by atoms with Crippen molar-refractivity contribution in [3.05, 3.63) is 65.2 Å². The van der Waals surface area contributed by atoms with Crippen LogP contribution >= 0.6 is 0 Å². The van der Waals surface area contributed by atoms with E-state index in [-0.39, 0.29) is 18.7 Å². The number of aryl methyl sites for hydroxylation is 1. The number of nitrogens with one attached hydrogen (secondary N) is 2. The molecule has 3 N–H and O–H groups in total. The number of carbonyl (C=O) groups excluding carboxylic acids is 1. The maximum Gasteiger partial charge on any atom is 0.319 e. The third kappa shape index (κ3) is 4.81. The van der Waals surface area contributed by atoms with Gasteiger partial charge in [-0.1, -0.05) is 36.4 Å². The SMILES string of the molecule is COC(C)c1cccc(NC(=O)NCC(O)c2ccccc2C)c1. The van der Waals surface area contributed by atoms with Gasteiger partial charge in [0, 0.05) is 19.3 Å². The van der Waals surface area contributed by atoms with Gasteiger partial charge in [-0.15, -0.1) is 0 Å². The summed E-state index contributed by atoms with van der Waals surface area (Å²) in [6, 6.07) is 14.7. The van der Waals surface area contributed by atoms with Crippen LogP contribution in [-0.2, 0) is 4.74 Å². The van der Waals surface area contributed by atoms with Gasteiger partial charge in [-0.05, 0) is 42.7 Å². The molecule has 0 heterocycles. The Morgan fingerprint density at radius 2 is 1.96 bits per heavy atom. The van der Waals surface area contributed by atoms with Gasteiger partial charge in [0.05, 0.1) is 12.2 Å². The number of hydrogen-bond donors (Lipinski definition) is 3. The molecule has 0 saturated heterocycles. The van der Waals surface area contributed by atoms with E-state index in [0.717, 1.165) is 16.7 Å².